The Morgan fingerprint density at radius 3 is 2.52 bits per heavy atom. The van der Waals surface area contributed by atoms with Gasteiger partial charge in [0, 0.05) is 0 Å². The van der Waals surface area contributed by atoms with Crippen molar-refractivity contribution in [2.45, 2.75) is 18.3 Å². The van der Waals surface area contributed by atoms with Crippen LogP contribution in [0.4, 0.5) is 5.69 Å². The van der Waals surface area contributed by atoms with E-state index in [0.717, 1.165) is 11.1 Å². The second kappa shape index (κ2) is 8.49. The molecule has 2 unspecified atom stereocenters. The van der Waals surface area contributed by atoms with E-state index in [0.29, 0.717) is 17.5 Å². The van der Waals surface area contributed by atoms with Crippen LogP contribution in [-0.4, -0.2) is 14.4 Å². The minimum atomic E-state index is -0.129. The van der Waals surface area contributed by atoms with E-state index in [9.17, 15) is 0 Å². The van der Waals surface area contributed by atoms with Crippen molar-refractivity contribution in [2.24, 2.45) is 11.3 Å². The summed E-state index contributed by atoms with van der Waals surface area (Å²) in [7, 11) is 0.643. The average molecular weight is 740 g/mol. The molecule has 4 heterocycles. The maximum absolute atomic E-state index is 6.38. The van der Waals surface area contributed by atoms with Crippen molar-refractivity contribution in [2.75, 3.05) is 10.2 Å². The van der Waals surface area contributed by atoms with Gasteiger partial charge in [-0.15, -0.1) is 0 Å². The predicted molar refractivity (Wildman–Crippen MR) is 119 cm³/mol. The Kier molecular flexibility index (Phi) is 6.61. The van der Waals surface area contributed by atoms with Crippen molar-refractivity contribution >= 4 is 67.8 Å². The summed E-state index contributed by atoms with van der Waals surface area (Å²) < 4.78 is 6.69. The van der Waals surface area contributed by atoms with Gasteiger partial charge in [0.2, 0.25) is 0 Å². The van der Waals surface area contributed by atoms with Gasteiger partial charge in [-0.2, -0.15) is 0 Å². The van der Waals surface area contributed by atoms with Gasteiger partial charge >= 0.3 is 198 Å². The van der Waals surface area contributed by atoms with Gasteiger partial charge in [-0.25, -0.2) is 0 Å². The minimum absolute atomic E-state index is 0.0390. The zero-order chi connectivity index (χ0) is 19.3. The Morgan fingerprint density at radius 2 is 1.81 bits per heavy atom. The SMILES string of the molecule is CC1=C(C2=C(C)c3[nH]c(PNN)c(N)c3[I-]C2)[I-]Cc2c1[nH]c(PN)c2I. The third kappa shape index (κ3) is 3.58. The summed E-state index contributed by atoms with van der Waals surface area (Å²) in [5.41, 5.74) is 23.9. The number of H-pyrrole nitrogens is 2. The Morgan fingerprint density at radius 1 is 1.07 bits per heavy atom. The number of rotatable bonds is 4. The first kappa shape index (κ1) is 21.0. The van der Waals surface area contributed by atoms with Gasteiger partial charge in [0.25, 0.3) is 0 Å². The number of nitrogen functional groups attached to an aromatic ring is 1. The predicted octanol–water partition coefficient (Wildman–Crippen LogP) is -4.53. The van der Waals surface area contributed by atoms with Crippen LogP contribution in [0.5, 0.6) is 0 Å². The molecule has 2 aromatic rings. The number of hydrogen-bond donors (Lipinski definition) is 6. The second-order valence-electron chi connectivity index (χ2n) is 6.26. The van der Waals surface area contributed by atoms with Crippen molar-refractivity contribution in [3.05, 3.63) is 33.2 Å². The summed E-state index contributed by atoms with van der Waals surface area (Å²) >= 11 is 2.29. The summed E-state index contributed by atoms with van der Waals surface area (Å²) in [5, 5.41) is 2.75. The molecule has 0 fully saturated rings. The van der Waals surface area contributed by atoms with Crippen LogP contribution in [-0.2, 0) is 4.43 Å². The van der Waals surface area contributed by atoms with Gasteiger partial charge in [0.1, 0.15) is 0 Å². The molecule has 0 spiro atoms. The van der Waals surface area contributed by atoms with Crippen LogP contribution in [0.2, 0.25) is 0 Å². The fraction of sp³-hybridized carbons (Fsp3) is 0.250. The number of hydrazine groups is 1. The molecule has 2 atom stereocenters. The number of aromatic nitrogens is 2. The Bertz CT molecular complexity index is 991. The van der Waals surface area contributed by atoms with Gasteiger partial charge in [-0.1, -0.05) is 0 Å². The molecule has 0 amide bonds. The van der Waals surface area contributed by atoms with Gasteiger partial charge in [0.15, 0.2) is 0 Å². The molecule has 9 N–H and O–H groups in total. The number of nitrogens with one attached hydrogen (secondary N) is 3. The topological polar surface area (TPSA) is 122 Å². The Labute approximate surface area is 196 Å². The van der Waals surface area contributed by atoms with Crippen molar-refractivity contribution < 1.29 is 42.4 Å². The molecule has 4 rings (SSSR count). The number of nitrogens with two attached hydrogens (primary N) is 3. The van der Waals surface area contributed by atoms with E-state index < -0.39 is 0 Å². The van der Waals surface area contributed by atoms with Crippen molar-refractivity contribution in [3.63, 3.8) is 0 Å². The monoisotopic (exact) mass is 740 g/mol. The van der Waals surface area contributed by atoms with Crippen molar-refractivity contribution in [3.8, 4) is 0 Å². The number of alkyl halides is 2. The normalized spacial score (nSPS) is 18.3. The first-order valence-electron chi connectivity index (χ1n) is 8.17. The summed E-state index contributed by atoms with van der Waals surface area (Å²) in [6, 6.07) is 0. The summed E-state index contributed by atoms with van der Waals surface area (Å²) in [5.74, 6) is 5.52. The number of hydrogen-bond acceptors (Lipinski definition) is 4. The van der Waals surface area contributed by atoms with Crippen LogP contribution in [0.25, 0.3) is 11.1 Å². The van der Waals surface area contributed by atoms with Crippen LogP contribution in [0.3, 0.4) is 0 Å². The molecule has 27 heavy (non-hydrogen) atoms. The number of halogens is 3. The summed E-state index contributed by atoms with van der Waals surface area (Å²) in [4.78, 5) is 7.17. The van der Waals surface area contributed by atoms with E-state index >= 15 is 0 Å². The molecule has 2 aliphatic heterocycles. The molecule has 0 saturated heterocycles. The molecule has 2 aromatic heterocycles. The van der Waals surface area contributed by atoms with Gasteiger partial charge < -0.3 is 0 Å². The number of aromatic amines is 2. The number of fused-ring (bicyclic) bond motifs is 2. The molecule has 0 aromatic carbocycles. The van der Waals surface area contributed by atoms with Gasteiger partial charge in [0.05, 0.1) is 0 Å². The number of anilines is 1. The zero-order valence-electron chi connectivity index (χ0n) is 14.8. The molecule has 148 valence electrons. The van der Waals surface area contributed by atoms with E-state index in [1.807, 2.05) is 0 Å². The molecule has 0 aliphatic carbocycles. The van der Waals surface area contributed by atoms with E-state index in [1.54, 1.807) is 9.15 Å². The molecule has 11 heteroatoms. The van der Waals surface area contributed by atoms with E-state index in [1.165, 1.54) is 49.5 Å². The molecular formula is C16H21I3N6P2-2. The Balaban J connectivity index is 1.81. The van der Waals surface area contributed by atoms with Crippen molar-refractivity contribution in [1.82, 2.24) is 15.2 Å². The first-order valence-corrected chi connectivity index (χ1v) is 16.5. The van der Waals surface area contributed by atoms with Crippen LogP contribution in [0, 0.1) is 7.14 Å². The third-order valence-electron chi connectivity index (χ3n) is 4.82. The zero-order valence-corrected chi connectivity index (χ0v) is 23.3. The van der Waals surface area contributed by atoms with E-state index in [-0.39, 0.29) is 42.4 Å². The second-order valence-corrected chi connectivity index (χ2v) is 14.4. The number of allylic oxidation sites excluding steroid dienone is 4. The molecule has 0 saturated carbocycles. The molecule has 2 aliphatic rings. The summed E-state index contributed by atoms with van der Waals surface area (Å²) in [6.45, 7) is 4.53. The Hall–Kier alpha value is 0.770. The third-order valence-corrected chi connectivity index (χ3v) is 14.4. The fourth-order valence-electron chi connectivity index (χ4n) is 3.38. The van der Waals surface area contributed by atoms with Crippen molar-refractivity contribution in [1.29, 1.82) is 0 Å². The standard InChI is InChI=1S/C16H21I3N6P2/c1-5-7(3-19-11-12(20)16(27-25-21)24-14(5)11)10-6(2)13-8(4-18-10)9(17)15(23-13)26-22/h23-27H,3-4,20-22H2,1-2H3/q-2. The quantitative estimate of drug-likeness (QED) is 0.0623. The maximum atomic E-state index is 6.38. The van der Waals surface area contributed by atoms with Gasteiger partial charge in [-0.05, 0) is 0 Å². The van der Waals surface area contributed by atoms with Gasteiger partial charge in [-0.3, -0.25) is 0 Å². The molecule has 6 nitrogen and oxygen atoms in total. The molecule has 0 bridgehead atoms. The first-order chi connectivity index (χ1) is 13.0. The van der Waals surface area contributed by atoms with E-state index in [4.69, 9.17) is 17.1 Å². The van der Waals surface area contributed by atoms with Crippen LogP contribution >= 0.6 is 40.1 Å². The summed E-state index contributed by atoms with van der Waals surface area (Å²) in [6.07, 6.45) is 0. The molecular weight excluding hydrogens is 719 g/mol. The molecule has 0 radical (unpaired) electrons. The van der Waals surface area contributed by atoms with E-state index in [2.05, 4.69) is 51.6 Å². The average Bonchev–Trinajstić information content (AvgIpc) is 3.16. The fourth-order valence-corrected chi connectivity index (χ4v) is 14.0. The van der Waals surface area contributed by atoms with Crippen LogP contribution < -0.4 is 75.6 Å². The van der Waals surface area contributed by atoms with Crippen LogP contribution in [0.1, 0.15) is 30.8 Å². The van der Waals surface area contributed by atoms with Crippen LogP contribution in [0.15, 0.2) is 9.15 Å².